The number of rotatable bonds is 7. The highest BCUT2D eigenvalue weighted by Crippen LogP contribution is 2.47. The lowest BCUT2D eigenvalue weighted by Gasteiger charge is -2.38. The predicted octanol–water partition coefficient (Wildman–Crippen LogP) is 11.0. The summed E-state index contributed by atoms with van der Waals surface area (Å²) in [5, 5.41) is 6.62. The maximum atomic E-state index is 6.69. The number of para-hydroxylation sites is 2. The highest BCUT2D eigenvalue weighted by molar-refractivity contribution is 7.15. The zero-order chi connectivity index (χ0) is 30.2. The number of benzene rings is 6. The van der Waals surface area contributed by atoms with Crippen LogP contribution in [0.5, 0.6) is 11.5 Å². The summed E-state index contributed by atoms with van der Waals surface area (Å²) in [6.07, 6.45) is 0. The molecule has 3 atom stereocenters. The number of anilines is 1. The highest BCUT2D eigenvalue weighted by Gasteiger charge is 2.30. The van der Waals surface area contributed by atoms with E-state index in [0.717, 1.165) is 71.8 Å². The first kappa shape index (κ1) is 27.9. The Balaban J connectivity index is 1.63. The molecule has 0 saturated heterocycles. The van der Waals surface area contributed by atoms with Crippen LogP contribution >= 0.6 is 8.67 Å². The fourth-order valence-electron chi connectivity index (χ4n) is 6.63. The maximum absolute atomic E-state index is 6.69. The largest absolute Gasteiger partial charge is 0.496 e. The normalized spacial score (nSPS) is 13.0. The summed E-state index contributed by atoms with van der Waals surface area (Å²) in [7, 11) is 3.25. The van der Waals surface area contributed by atoms with Crippen LogP contribution in [0.4, 0.5) is 5.69 Å². The zero-order valence-electron chi connectivity index (χ0n) is 25.2. The molecule has 0 bridgehead atoms. The molecule has 0 amide bonds. The molecule has 6 heteroatoms. The van der Waals surface area contributed by atoms with E-state index in [4.69, 9.17) is 17.9 Å². The molecule has 1 aromatic heterocycles. The molecule has 0 aliphatic carbocycles. The van der Waals surface area contributed by atoms with Crippen molar-refractivity contribution in [2.45, 2.75) is 25.9 Å². The summed E-state index contributed by atoms with van der Waals surface area (Å²) in [4.78, 5) is 2.43. The van der Waals surface area contributed by atoms with Gasteiger partial charge in [-0.1, -0.05) is 91.0 Å². The van der Waals surface area contributed by atoms with Gasteiger partial charge in [0.15, 0.2) is 5.58 Å². The molecule has 44 heavy (non-hydrogen) atoms. The Bertz CT molecular complexity index is 2120. The number of ether oxygens (including phenoxy) is 2. The minimum absolute atomic E-state index is 0.0978. The van der Waals surface area contributed by atoms with Gasteiger partial charge in [0.1, 0.15) is 17.1 Å². The van der Waals surface area contributed by atoms with Gasteiger partial charge in [-0.3, -0.25) is 0 Å². The van der Waals surface area contributed by atoms with E-state index >= 15 is 0 Å². The lowest BCUT2D eigenvalue weighted by molar-refractivity contribution is 0.398. The van der Waals surface area contributed by atoms with Crippen LogP contribution in [0.2, 0.25) is 0 Å². The van der Waals surface area contributed by atoms with Crippen LogP contribution in [0, 0.1) is 0 Å². The molecule has 0 spiro atoms. The average Bonchev–Trinajstić information content (AvgIpc) is 3.28. The van der Waals surface area contributed by atoms with E-state index < -0.39 is 0 Å². The molecule has 5 nitrogen and oxygen atoms in total. The van der Waals surface area contributed by atoms with Crippen molar-refractivity contribution in [3.63, 3.8) is 0 Å². The third-order valence-corrected chi connectivity index (χ3v) is 9.30. The first-order valence-corrected chi connectivity index (χ1v) is 15.6. The number of hydrogen-bond donors (Lipinski definition) is 0. The number of fused-ring (bicyclic) bond motifs is 7. The Hall–Kier alpha value is -4.86. The van der Waals surface area contributed by atoms with Crippen molar-refractivity contribution < 1.29 is 17.9 Å². The van der Waals surface area contributed by atoms with Gasteiger partial charge in [0.05, 0.1) is 32.0 Å². The van der Waals surface area contributed by atoms with Crippen LogP contribution in [-0.4, -0.2) is 14.2 Å². The Labute approximate surface area is 258 Å². The molecule has 1 unspecified atom stereocenters. The van der Waals surface area contributed by atoms with Crippen molar-refractivity contribution in [3.05, 3.63) is 126 Å². The van der Waals surface area contributed by atoms with Crippen LogP contribution in [0.1, 0.15) is 37.1 Å². The first-order chi connectivity index (χ1) is 21.6. The van der Waals surface area contributed by atoms with Gasteiger partial charge >= 0.3 is 0 Å². The monoisotopic (exact) mass is 599 g/mol. The lowest BCUT2D eigenvalue weighted by Crippen LogP contribution is -2.30. The molecule has 1 heterocycles. The second kappa shape index (κ2) is 11.7. The fraction of sp³-hybridized carbons (Fsp3) is 0.158. The van der Waals surface area contributed by atoms with Crippen LogP contribution in [0.3, 0.4) is 0 Å². The quantitative estimate of drug-likeness (QED) is 0.182. The van der Waals surface area contributed by atoms with E-state index in [1.165, 1.54) is 0 Å². The molecular formula is C38H34NO4P. The lowest BCUT2D eigenvalue weighted by atomic mass is 9.95. The standard InChI is InChI=1S/C38H34NO4P/c1-24(28-15-9-11-19-33(28)40-3)39(25(2)29-16-10-12-20-34(29)41-4)32-23-27-14-6-8-18-31(27)37-36-30-17-7-5-13-26(30)21-22-35(36)42-44-43-38(32)37/h5-25,44H,1-4H3/t24-,25-/m0/s1. The van der Waals surface area contributed by atoms with Crippen molar-refractivity contribution >= 4 is 57.8 Å². The van der Waals surface area contributed by atoms with Crippen molar-refractivity contribution in [2.75, 3.05) is 19.1 Å². The second-order valence-corrected chi connectivity index (χ2v) is 11.6. The van der Waals surface area contributed by atoms with Crippen LogP contribution in [0.25, 0.3) is 43.5 Å². The second-order valence-electron chi connectivity index (χ2n) is 11.0. The Morgan fingerprint density at radius 2 is 1.14 bits per heavy atom. The minimum atomic E-state index is -0.200. The smallest absolute Gasteiger partial charge is 0.201 e. The summed E-state index contributed by atoms with van der Waals surface area (Å²) in [6.45, 7) is 4.45. The summed E-state index contributed by atoms with van der Waals surface area (Å²) in [6, 6.07) is 39.7. The van der Waals surface area contributed by atoms with Gasteiger partial charge in [0.2, 0.25) is 8.67 Å². The minimum Gasteiger partial charge on any atom is -0.496 e. The molecule has 7 rings (SSSR count). The molecule has 0 aliphatic heterocycles. The zero-order valence-corrected chi connectivity index (χ0v) is 26.2. The molecule has 0 radical (unpaired) electrons. The molecule has 220 valence electrons. The summed E-state index contributed by atoms with van der Waals surface area (Å²) in [5.74, 6) is 1.68. The van der Waals surface area contributed by atoms with Gasteiger partial charge in [-0.05, 0) is 59.7 Å². The van der Waals surface area contributed by atoms with Gasteiger partial charge in [-0.2, -0.15) is 0 Å². The molecule has 7 aromatic rings. The predicted molar refractivity (Wildman–Crippen MR) is 183 cm³/mol. The number of methoxy groups -OCH3 is 2. The third-order valence-electron chi connectivity index (χ3n) is 8.71. The summed E-state index contributed by atoms with van der Waals surface area (Å²) >= 11 is 0. The Morgan fingerprint density at radius 3 is 1.77 bits per heavy atom. The van der Waals surface area contributed by atoms with Gasteiger partial charge in [-0.15, -0.1) is 0 Å². The van der Waals surface area contributed by atoms with Crippen molar-refractivity contribution in [2.24, 2.45) is 0 Å². The average molecular weight is 600 g/mol. The topological polar surface area (TPSA) is 48.0 Å². The van der Waals surface area contributed by atoms with E-state index in [-0.39, 0.29) is 20.8 Å². The Kier molecular flexibility index (Phi) is 7.41. The SMILES string of the molecule is COc1ccccc1[C@H](C)N(c1cc2ccccc2c2c1o[pH]oc1ccc3ccccc3c12)[C@@H](C)c1ccccc1OC. The molecule has 0 aliphatic rings. The molecular weight excluding hydrogens is 565 g/mol. The maximum Gasteiger partial charge on any atom is 0.201 e. The van der Waals surface area contributed by atoms with Gasteiger partial charge < -0.3 is 22.8 Å². The van der Waals surface area contributed by atoms with Crippen molar-refractivity contribution in [1.29, 1.82) is 0 Å². The van der Waals surface area contributed by atoms with E-state index in [9.17, 15) is 0 Å². The van der Waals surface area contributed by atoms with Crippen molar-refractivity contribution in [3.8, 4) is 11.5 Å². The van der Waals surface area contributed by atoms with Crippen LogP contribution in [0.15, 0.2) is 124 Å². The first-order valence-electron chi connectivity index (χ1n) is 14.8. The summed E-state index contributed by atoms with van der Waals surface area (Å²) < 4.78 is 24.8. The Morgan fingerprint density at radius 1 is 0.591 bits per heavy atom. The molecule has 0 fully saturated rings. The van der Waals surface area contributed by atoms with Gasteiger partial charge in [0, 0.05) is 21.9 Å². The molecule has 0 saturated carbocycles. The van der Waals surface area contributed by atoms with Crippen molar-refractivity contribution in [1.82, 2.24) is 0 Å². The molecule has 6 aromatic carbocycles. The van der Waals surface area contributed by atoms with E-state index in [1.54, 1.807) is 14.2 Å². The number of nitrogens with zero attached hydrogens (tertiary/aromatic N) is 1. The number of hydrogen-bond acceptors (Lipinski definition) is 5. The van der Waals surface area contributed by atoms with Crippen LogP contribution < -0.4 is 14.4 Å². The van der Waals surface area contributed by atoms with E-state index in [2.05, 4.69) is 110 Å². The van der Waals surface area contributed by atoms with Gasteiger partial charge in [0.25, 0.3) is 0 Å². The molecule has 0 N–H and O–H groups in total. The van der Waals surface area contributed by atoms with Gasteiger partial charge in [-0.25, -0.2) is 0 Å². The highest BCUT2D eigenvalue weighted by atomic mass is 31.1. The fourth-order valence-corrected chi connectivity index (χ4v) is 7.23. The summed E-state index contributed by atoms with van der Waals surface area (Å²) in [5.41, 5.74) is 4.77. The van der Waals surface area contributed by atoms with E-state index in [1.807, 2.05) is 24.3 Å². The van der Waals surface area contributed by atoms with Crippen LogP contribution in [-0.2, 0) is 0 Å². The van der Waals surface area contributed by atoms with E-state index in [0.29, 0.717) is 0 Å². The third kappa shape index (κ3) is 4.65.